The van der Waals surface area contributed by atoms with Gasteiger partial charge in [0.15, 0.2) is 0 Å². The number of hydrogen-bond acceptors (Lipinski definition) is 3. The van der Waals surface area contributed by atoms with Gasteiger partial charge in [0.2, 0.25) is 0 Å². The van der Waals surface area contributed by atoms with E-state index in [1.807, 2.05) is 60.7 Å². The van der Waals surface area contributed by atoms with Crippen molar-refractivity contribution in [3.8, 4) is 11.5 Å². The van der Waals surface area contributed by atoms with Gasteiger partial charge in [-0.3, -0.25) is 4.90 Å². The van der Waals surface area contributed by atoms with Gasteiger partial charge in [-0.2, -0.15) is 0 Å². The van der Waals surface area contributed by atoms with Crippen molar-refractivity contribution in [3.63, 3.8) is 0 Å². The zero-order chi connectivity index (χ0) is 15.3. The van der Waals surface area contributed by atoms with Gasteiger partial charge in [0.1, 0.15) is 23.7 Å². The van der Waals surface area contributed by atoms with E-state index in [1.165, 1.54) is 0 Å². The van der Waals surface area contributed by atoms with E-state index in [0.717, 1.165) is 37.6 Å². The summed E-state index contributed by atoms with van der Waals surface area (Å²) in [6.45, 7) is 5.84. The molecule has 1 aliphatic heterocycles. The smallest absolute Gasteiger partial charge is 0.120 e. The first-order valence-electron chi connectivity index (χ1n) is 7.88. The lowest BCUT2D eigenvalue weighted by molar-refractivity contribution is 0.0935. The number of benzene rings is 2. The molecule has 1 fully saturated rings. The number of rotatable bonds is 6. The van der Waals surface area contributed by atoms with Crippen LogP contribution in [0.5, 0.6) is 11.5 Å². The Morgan fingerprint density at radius 1 is 0.955 bits per heavy atom. The maximum atomic E-state index is 6.18. The third-order valence-corrected chi connectivity index (χ3v) is 4.04. The van der Waals surface area contributed by atoms with E-state index in [1.54, 1.807) is 0 Å². The average Bonchev–Trinajstić information content (AvgIpc) is 2.90. The number of likely N-dealkylation sites (tertiary alicyclic amines) is 1. The highest BCUT2D eigenvalue weighted by Gasteiger charge is 2.35. The van der Waals surface area contributed by atoms with Crippen molar-refractivity contribution in [2.75, 3.05) is 26.2 Å². The SMILES string of the molecule is CC1(Oc2ccccc2)CCN(CCOc2ccccc2)C1. The number of para-hydroxylation sites is 2. The van der Waals surface area contributed by atoms with Crippen molar-refractivity contribution >= 4 is 0 Å². The van der Waals surface area contributed by atoms with Gasteiger partial charge in [-0.05, 0) is 31.2 Å². The molecule has 1 heterocycles. The molecule has 0 radical (unpaired) electrons. The molecule has 3 rings (SSSR count). The number of hydrogen-bond donors (Lipinski definition) is 0. The standard InChI is InChI=1S/C19H23NO2/c1-19(22-18-10-6-3-7-11-18)12-13-20(16-19)14-15-21-17-8-4-2-5-9-17/h2-11H,12-16H2,1H3. The normalized spacial score (nSPS) is 21.7. The van der Waals surface area contributed by atoms with E-state index in [4.69, 9.17) is 9.47 Å². The molecule has 0 saturated carbocycles. The van der Waals surface area contributed by atoms with Crippen LogP contribution in [0.3, 0.4) is 0 Å². The second kappa shape index (κ2) is 6.84. The van der Waals surface area contributed by atoms with Crippen LogP contribution in [0.2, 0.25) is 0 Å². The van der Waals surface area contributed by atoms with Crippen molar-refractivity contribution in [3.05, 3.63) is 60.7 Å². The van der Waals surface area contributed by atoms with Gasteiger partial charge in [0.05, 0.1) is 0 Å². The van der Waals surface area contributed by atoms with Gasteiger partial charge >= 0.3 is 0 Å². The summed E-state index contributed by atoms with van der Waals surface area (Å²) >= 11 is 0. The highest BCUT2D eigenvalue weighted by molar-refractivity contribution is 5.22. The Bertz CT molecular complexity index is 573. The van der Waals surface area contributed by atoms with Gasteiger partial charge in [0, 0.05) is 26.1 Å². The van der Waals surface area contributed by atoms with Gasteiger partial charge in [-0.15, -0.1) is 0 Å². The molecule has 1 unspecified atom stereocenters. The molecule has 3 nitrogen and oxygen atoms in total. The predicted molar refractivity (Wildman–Crippen MR) is 88.5 cm³/mol. The van der Waals surface area contributed by atoms with Crippen LogP contribution in [0.4, 0.5) is 0 Å². The maximum Gasteiger partial charge on any atom is 0.120 e. The lowest BCUT2D eigenvalue weighted by Crippen LogP contribution is -2.37. The van der Waals surface area contributed by atoms with Crippen LogP contribution >= 0.6 is 0 Å². The average molecular weight is 297 g/mol. The summed E-state index contributed by atoms with van der Waals surface area (Å²) in [6.07, 6.45) is 1.05. The summed E-state index contributed by atoms with van der Waals surface area (Å²) in [7, 11) is 0. The van der Waals surface area contributed by atoms with Gasteiger partial charge in [0.25, 0.3) is 0 Å². The van der Waals surface area contributed by atoms with Gasteiger partial charge < -0.3 is 9.47 Å². The van der Waals surface area contributed by atoms with Crippen LogP contribution in [0, 0.1) is 0 Å². The fourth-order valence-corrected chi connectivity index (χ4v) is 2.88. The quantitative estimate of drug-likeness (QED) is 0.813. The Hall–Kier alpha value is -2.00. The molecule has 1 saturated heterocycles. The highest BCUT2D eigenvalue weighted by Crippen LogP contribution is 2.27. The van der Waals surface area contributed by atoms with Crippen molar-refractivity contribution in [1.82, 2.24) is 4.90 Å². The molecule has 2 aromatic carbocycles. The molecular formula is C19H23NO2. The Kier molecular flexibility index (Phi) is 4.64. The minimum Gasteiger partial charge on any atom is -0.492 e. The topological polar surface area (TPSA) is 21.7 Å². The van der Waals surface area contributed by atoms with Crippen LogP contribution in [-0.2, 0) is 0 Å². The third kappa shape index (κ3) is 4.01. The molecule has 2 aromatic rings. The molecule has 0 N–H and O–H groups in total. The molecule has 1 atom stereocenters. The van der Waals surface area contributed by atoms with Crippen LogP contribution < -0.4 is 9.47 Å². The molecule has 0 aliphatic carbocycles. The Labute approximate surface area is 132 Å². The zero-order valence-electron chi connectivity index (χ0n) is 13.1. The van der Waals surface area contributed by atoms with Gasteiger partial charge in [-0.25, -0.2) is 0 Å². The summed E-state index contributed by atoms with van der Waals surface area (Å²) in [5.41, 5.74) is -0.103. The van der Waals surface area contributed by atoms with E-state index in [-0.39, 0.29) is 5.60 Å². The third-order valence-electron chi connectivity index (χ3n) is 4.04. The summed E-state index contributed by atoms with van der Waals surface area (Å²) in [5, 5.41) is 0. The van der Waals surface area contributed by atoms with Crippen LogP contribution in [0.25, 0.3) is 0 Å². The van der Waals surface area contributed by atoms with Crippen molar-refractivity contribution in [2.45, 2.75) is 18.9 Å². The molecule has 0 spiro atoms. The number of ether oxygens (including phenoxy) is 2. The second-order valence-corrected chi connectivity index (χ2v) is 6.05. The maximum absolute atomic E-state index is 6.18. The van der Waals surface area contributed by atoms with Crippen molar-refractivity contribution in [1.29, 1.82) is 0 Å². The molecule has 0 aromatic heterocycles. The molecule has 3 heteroatoms. The first-order chi connectivity index (χ1) is 10.7. The monoisotopic (exact) mass is 297 g/mol. The van der Waals surface area contributed by atoms with E-state index < -0.39 is 0 Å². The molecular weight excluding hydrogens is 274 g/mol. The first kappa shape index (κ1) is 14.9. The molecule has 0 amide bonds. The van der Waals surface area contributed by atoms with Crippen LogP contribution in [-0.4, -0.2) is 36.7 Å². The lowest BCUT2D eigenvalue weighted by Gasteiger charge is -2.26. The van der Waals surface area contributed by atoms with Gasteiger partial charge in [-0.1, -0.05) is 36.4 Å². The van der Waals surface area contributed by atoms with Crippen LogP contribution in [0.1, 0.15) is 13.3 Å². The summed E-state index contributed by atoms with van der Waals surface area (Å²) < 4.78 is 11.9. The van der Waals surface area contributed by atoms with Crippen molar-refractivity contribution < 1.29 is 9.47 Å². The molecule has 0 bridgehead atoms. The van der Waals surface area contributed by atoms with E-state index in [9.17, 15) is 0 Å². The fraction of sp³-hybridized carbons (Fsp3) is 0.368. The Morgan fingerprint density at radius 3 is 2.27 bits per heavy atom. The molecule has 22 heavy (non-hydrogen) atoms. The fourth-order valence-electron chi connectivity index (χ4n) is 2.88. The van der Waals surface area contributed by atoms with E-state index in [0.29, 0.717) is 6.61 Å². The molecule has 116 valence electrons. The summed E-state index contributed by atoms with van der Waals surface area (Å²) in [4.78, 5) is 2.41. The number of nitrogens with zero attached hydrogens (tertiary/aromatic N) is 1. The second-order valence-electron chi connectivity index (χ2n) is 6.05. The lowest BCUT2D eigenvalue weighted by atomic mass is 10.1. The molecule has 1 aliphatic rings. The Balaban J connectivity index is 1.45. The first-order valence-corrected chi connectivity index (χ1v) is 7.88. The minimum absolute atomic E-state index is 0.103. The highest BCUT2D eigenvalue weighted by atomic mass is 16.5. The minimum atomic E-state index is -0.103. The summed E-state index contributed by atoms with van der Waals surface area (Å²) in [5.74, 6) is 1.89. The van der Waals surface area contributed by atoms with Crippen molar-refractivity contribution in [2.24, 2.45) is 0 Å². The van der Waals surface area contributed by atoms with E-state index >= 15 is 0 Å². The Morgan fingerprint density at radius 2 is 1.59 bits per heavy atom. The predicted octanol–water partition coefficient (Wildman–Crippen LogP) is 3.61. The summed E-state index contributed by atoms with van der Waals surface area (Å²) in [6, 6.07) is 20.1. The van der Waals surface area contributed by atoms with E-state index in [2.05, 4.69) is 11.8 Å². The zero-order valence-corrected chi connectivity index (χ0v) is 13.1. The largest absolute Gasteiger partial charge is 0.492 e. The van der Waals surface area contributed by atoms with Crippen LogP contribution in [0.15, 0.2) is 60.7 Å².